The van der Waals surface area contributed by atoms with Gasteiger partial charge in [0.05, 0.1) is 23.0 Å². The van der Waals surface area contributed by atoms with Gasteiger partial charge in [0.2, 0.25) is 0 Å². The van der Waals surface area contributed by atoms with E-state index in [1.807, 2.05) is 6.07 Å². The molecule has 4 aromatic rings. The van der Waals surface area contributed by atoms with Gasteiger partial charge in [-0.3, -0.25) is 14.4 Å². The van der Waals surface area contributed by atoms with Crippen LogP contribution in [0, 0.1) is 17.1 Å². The van der Waals surface area contributed by atoms with Gasteiger partial charge < -0.3 is 5.32 Å². The van der Waals surface area contributed by atoms with Gasteiger partial charge in [-0.1, -0.05) is 6.07 Å². The van der Waals surface area contributed by atoms with Crippen molar-refractivity contribution in [3.63, 3.8) is 0 Å². The van der Waals surface area contributed by atoms with Crippen LogP contribution in [0.2, 0.25) is 0 Å². The third kappa shape index (κ3) is 3.37. The number of amides is 3. The molecule has 1 N–H and O–H groups in total. The molecule has 5 rings (SSSR count). The summed E-state index contributed by atoms with van der Waals surface area (Å²) >= 11 is 0. The van der Waals surface area contributed by atoms with Crippen molar-refractivity contribution in [2.75, 3.05) is 10.2 Å². The lowest BCUT2D eigenvalue weighted by molar-refractivity contribution is 0.0925. The van der Waals surface area contributed by atoms with Crippen molar-refractivity contribution in [2.45, 2.75) is 0 Å². The molecule has 0 unspecified atom stereocenters. The van der Waals surface area contributed by atoms with Crippen LogP contribution in [0.1, 0.15) is 36.6 Å². The summed E-state index contributed by atoms with van der Waals surface area (Å²) in [4.78, 5) is 43.8. The minimum atomic E-state index is -0.627. The number of fused-ring (bicyclic) bond motifs is 1. The van der Waals surface area contributed by atoms with E-state index in [1.54, 1.807) is 24.4 Å². The molecule has 3 amide bonds. The number of pyridine rings is 1. The Hall–Kier alpha value is -5.17. The Labute approximate surface area is 191 Å². The SMILES string of the molecule is N#Cc1cnn(-c2ccccn2)c1NC(=O)c1ccc2c(c1)C(=O)N(c1ccc(F)cc1)C2=O. The molecule has 3 heterocycles. The lowest BCUT2D eigenvalue weighted by Gasteiger charge is -2.13. The van der Waals surface area contributed by atoms with Crippen molar-refractivity contribution in [2.24, 2.45) is 0 Å². The molecule has 0 saturated carbocycles. The molecule has 2 aromatic carbocycles. The first kappa shape index (κ1) is 20.7. The number of nitrogens with one attached hydrogen (secondary N) is 1. The van der Waals surface area contributed by atoms with Crippen LogP contribution in [0.25, 0.3) is 5.82 Å². The highest BCUT2D eigenvalue weighted by molar-refractivity contribution is 6.34. The molecule has 2 aromatic heterocycles. The van der Waals surface area contributed by atoms with Crippen molar-refractivity contribution >= 4 is 29.2 Å². The Morgan fingerprint density at radius 3 is 2.47 bits per heavy atom. The number of halogens is 1. The van der Waals surface area contributed by atoms with E-state index < -0.39 is 23.5 Å². The fourth-order valence-corrected chi connectivity index (χ4v) is 3.59. The number of rotatable bonds is 4. The maximum Gasteiger partial charge on any atom is 0.266 e. The number of imide groups is 1. The van der Waals surface area contributed by atoms with Gasteiger partial charge in [0, 0.05) is 11.8 Å². The monoisotopic (exact) mass is 452 g/mol. The highest BCUT2D eigenvalue weighted by Crippen LogP contribution is 2.29. The maximum absolute atomic E-state index is 13.3. The third-order valence-corrected chi connectivity index (χ3v) is 5.22. The lowest BCUT2D eigenvalue weighted by atomic mass is 10.1. The lowest BCUT2D eigenvalue weighted by Crippen LogP contribution is -2.29. The smallest absolute Gasteiger partial charge is 0.266 e. The summed E-state index contributed by atoms with van der Waals surface area (Å²) in [5, 5.41) is 16.2. The van der Waals surface area contributed by atoms with E-state index >= 15 is 0 Å². The van der Waals surface area contributed by atoms with Crippen LogP contribution in [0.4, 0.5) is 15.9 Å². The zero-order valence-electron chi connectivity index (χ0n) is 17.3. The summed E-state index contributed by atoms with van der Waals surface area (Å²) in [6.07, 6.45) is 2.85. The Morgan fingerprint density at radius 1 is 1.00 bits per heavy atom. The van der Waals surface area contributed by atoms with E-state index in [1.165, 1.54) is 41.2 Å². The van der Waals surface area contributed by atoms with Crippen LogP contribution >= 0.6 is 0 Å². The number of nitriles is 1. The van der Waals surface area contributed by atoms with Crippen LogP contribution in [0.5, 0.6) is 0 Å². The molecule has 1 aliphatic rings. The number of hydrogen-bond acceptors (Lipinski definition) is 6. The number of aromatic nitrogens is 3. The number of carbonyl (C=O) groups is 3. The molecule has 0 aliphatic carbocycles. The average Bonchev–Trinajstić information content (AvgIpc) is 3.38. The number of nitrogens with zero attached hydrogens (tertiary/aromatic N) is 5. The van der Waals surface area contributed by atoms with Crippen LogP contribution in [0.15, 0.2) is 73.1 Å². The van der Waals surface area contributed by atoms with Gasteiger partial charge in [-0.2, -0.15) is 15.0 Å². The van der Waals surface area contributed by atoms with Crippen molar-refractivity contribution in [3.8, 4) is 11.9 Å². The molecule has 0 fully saturated rings. The number of benzene rings is 2. The van der Waals surface area contributed by atoms with Crippen LogP contribution in [0.3, 0.4) is 0 Å². The molecule has 164 valence electrons. The zero-order valence-corrected chi connectivity index (χ0v) is 17.3. The standard InChI is InChI=1S/C24H13FN6O3/c25-16-5-7-17(8-6-16)30-23(33)18-9-4-14(11-19(18)24(30)34)22(32)29-21-15(12-26)13-28-31(21)20-3-1-2-10-27-20/h1-11,13H,(H,29,32). The van der Waals surface area contributed by atoms with Crippen molar-refractivity contribution in [1.82, 2.24) is 14.8 Å². The summed E-state index contributed by atoms with van der Waals surface area (Å²) in [5.74, 6) is -1.81. The first-order valence-electron chi connectivity index (χ1n) is 9.97. The zero-order chi connectivity index (χ0) is 23.8. The van der Waals surface area contributed by atoms with Gasteiger partial charge in [0.15, 0.2) is 11.6 Å². The molecule has 9 nitrogen and oxygen atoms in total. The number of anilines is 2. The van der Waals surface area contributed by atoms with Gasteiger partial charge in [0.25, 0.3) is 17.7 Å². The topological polar surface area (TPSA) is 121 Å². The number of hydrogen-bond donors (Lipinski definition) is 1. The molecular weight excluding hydrogens is 439 g/mol. The maximum atomic E-state index is 13.3. The van der Waals surface area contributed by atoms with Gasteiger partial charge in [-0.15, -0.1) is 0 Å². The minimum Gasteiger partial charge on any atom is -0.305 e. The van der Waals surface area contributed by atoms with E-state index in [9.17, 15) is 24.0 Å². The number of carbonyl (C=O) groups excluding carboxylic acids is 3. The highest BCUT2D eigenvalue weighted by Gasteiger charge is 2.37. The van der Waals surface area contributed by atoms with Crippen LogP contribution < -0.4 is 10.2 Å². The molecule has 0 spiro atoms. The molecule has 34 heavy (non-hydrogen) atoms. The van der Waals surface area contributed by atoms with Crippen molar-refractivity contribution in [1.29, 1.82) is 5.26 Å². The Morgan fingerprint density at radius 2 is 1.76 bits per heavy atom. The second kappa shape index (κ2) is 8.07. The highest BCUT2D eigenvalue weighted by atomic mass is 19.1. The third-order valence-electron chi connectivity index (χ3n) is 5.22. The second-order valence-corrected chi connectivity index (χ2v) is 7.26. The van der Waals surface area contributed by atoms with Gasteiger partial charge in [0.1, 0.15) is 17.4 Å². The first-order valence-corrected chi connectivity index (χ1v) is 9.97. The van der Waals surface area contributed by atoms with E-state index in [0.29, 0.717) is 5.82 Å². The normalized spacial score (nSPS) is 12.4. The Balaban J connectivity index is 1.46. The van der Waals surface area contributed by atoms with Crippen LogP contribution in [-0.2, 0) is 0 Å². The first-order chi connectivity index (χ1) is 16.5. The predicted octanol–water partition coefficient (Wildman–Crippen LogP) is 3.33. The van der Waals surface area contributed by atoms with Crippen molar-refractivity contribution < 1.29 is 18.8 Å². The van der Waals surface area contributed by atoms with E-state index in [4.69, 9.17) is 0 Å². The summed E-state index contributed by atoms with van der Waals surface area (Å²) < 4.78 is 14.6. The van der Waals surface area contributed by atoms with E-state index in [-0.39, 0.29) is 33.8 Å². The Kier molecular flexibility index (Phi) is 4.92. The summed E-state index contributed by atoms with van der Waals surface area (Å²) in [5.41, 5.74) is 0.603. The molecule has 0 saturated heterocycles. The van der Waals surface area contributed by atoms with E-state index in [2.05, 4.69) is 15.4 Å². The van der Waals surface area contributed by atoms with Crippen LogP contribution in [-0.4, -0.2) is 32.5 Å². The van der Waals surface area contributed by atoms with Gasteiger partial charge in [-0.05, 0) is 54.6 Å². The second-order valence-electron chi connectivity index (χ2n) is 7.26. The molecule has 0 atom stereocenters. The molecule has 0 bridgehead atoms. The fourth-order valence-electron chi connectivity index (χ4n) is 3.59. The van der Waals surface area contributed by atoms with Gasteiger partial charge >= 0.3 is 0 Å². The molecular formula is C24H13FN6O3. The predicted molar refractivity (Wildman–Crippen MR) is 118 cm³/mol. The molecule has 0 radical (unpaired) electrons. The fraction of sp³-hybridized carbons (Fsp3) is 0. The molecule has 10 heteroatoms. The quantitative estimate of drug-likeness (QED) is 0.474. The molecule has 1 aliphatic heterocycles. The Bertz CT molecular complexity index is 1510. The van der Waals surface area contributed by atoms with E-state index in [0.717, 1.165) is 17.0 Å². The summed E-state index contributed by atoms with van der Waals surface area (Å²) in [6.45, 7) is 0. The largest absolute Gasteiger partial charge is 0.305 e. The summed E-state index contributed by atoms with van der Waals surface area (Å²) in [7, 11) is 0. The van der Waals surface area contributed by atoms with Gasteiger partial charge in [-0.25, -0.2) is 14.3 Å². The van der Waals surface area contributed by atoms with Crippen molar-refractivity contribution in [3.05, 3.63) is 101 Å². The average molecular weight is 452 g/mol. The summed E-state index contributed by atoms with van der Waals surface area (Å²) in [6, 6.07) is 16.1. The minimum absolute atomic E-state index is 0.0423.